The summed E-state index contributed by atoms with van der Waals surface area (Å²) in [6.07, 6.45) is 0.725. The standard InChI is InChI=1S/C17H12N2O4/c1-23-15-6-7-16-12(9-15)8-13(10-20)17(18-16)11-2-4-14(5-3-11)19(21)22/h2-10H,1H3. The van der Waals surface area contributed by atoms with Crippen molar-refractivity contribution in [1.82, 2.24) is 4.98 Å². The normalized spacial score (nSPS) is 10.5. The Balaban J connectivity index is 2.15. The number of hydrogen-bond donors (Lipinski definition) is 0. The summed E-state index contributed by atoms with van der Waals surface area (Å²) in [5, 5.41) is 11.5. The minimum atomic E-state index is -0.468. The number of nitro benzene ring substituents is 1. The number of aldehydes is 1. The predicted molar refractivity (Wildman–Crippen MR) is 85.8 cm³/mol. The molecule has 2 aromatic carbocycles. The van der Waals surface area contributed by atoms with E-state index in [1.165, 1.54) is 12.1 Å². The molecule has 114 valence electrons. The second-order valence-electron chi connectivity index (χ2n) is 4.91. The minimum absolute atomic E-state index is 0.00747. The Labute approximate surface area is 131 Å². The van der Waals surface area contributed by atoms with E-state index in [-0.39, 0.29) is 5.69 Å². The van der Waals surface area contributed by atoms with Crippen molar-refractivity contribution in [3.8, 4) is 17.0 Å². The highest BCUT2D eigenvalue weighted by Gasteiger charge is 2.11. The minimum Gasteiger partial charge on any atom is -0.497 e. The first-order valence-electron chi connectivity index (χ1n) is 6.81. The fourth-order valence-corrected chi connectivity index (χ4v) is 2.36. The van der Waals surface area contributed by atoms with E-state index < -0.39 is 4.92 Å². The zero-order chi connectivity index (χ0) is 16.4. The molecule has 0 radical (unpaired) electrons. The maximum atomic E-state index is 11.4. The van der Waals surface area contributed by atoms with Crippen molar-refractivity contribution in [2.75, 3.05) is 7.11 Å². The average Bonchev–Trinajstić information content (AvgIpc) is 2.60. The molecule has 0 amide bonds. The topological polar surface area (TPSA) is 82.3 Å². The molecule has 0 saturated carbocycles. The van der Waals surface area contributed by atoms with Crippen molar-refractivity contribution in [2.45, 2.75) is 0 Å². The lowest BCUT2D eigenvalue weighted by Gasteiger charge is -2.08. The van der Waals surface area contributed by atoms with E-state index in [9.17, 15) is 14.9 Å². The third-order valence-electron chi connectivity index (χ3n) is 3.53. The molecule has 0 N–H and O–H groups in total. The number of hydrogen-bond acceptors (Lipinski definition) is 5. The van der Waals surface area contributed by atoms with Crippen molar-refractivity contribution in [3.63, 3.8) is 0 Å². The average molecular weight is 308 g/mol. The van der Waals surface area contributed by atoms with Crippen molar-refractivity contribution in [1.29, 1.82) is 0 Å². The molecule has 1 heterocycles. The van der Waals surface area contributed by atoms with Crippen molar-refractivity contribution < 1.29 is 14.5 Å². The van der Waals surface area contributed by atoms with E-state index in [0.29, 0.717) is 28.1 Å². The molecule has 0 bridgehead atoms. The summed E-state index contributed by atoms with van der Waals surface area (Å²) < 4.78 is 5.17. The third-order valence-corrected chi connectivity index (χ3v) is 3.53. The second-order valence-corrected chi connectivity index (χ2v) is 4.91. The van der Waals surface area contributed by atoms with Crippen LogP contribution < -0.4 is 4.74 Å². The van der Waals surface area contributed by atoms with E-state index >= 15 is 0 Å². The number of non-ortho nitro benzene ring substituents is 1. The summed E-state index contributed by atoms with van der Waals surface area (Å²) in [4.78, 5) is 26.2. The molecule has 0 unspecified atom stereocenters. The molecule has 0 aliphatic rings. The van der Waals surface area contributed by atoms with Gasteiger partial charge < -0.3 is 4.74 Å². The second kappa shape index (κ2) is 5.84. The first-order chi connectivity index (χ1) is 11.1. The fraction of sp³-hybridized carbons (Fsp3) is 0.0588. The molecule has 0 spiro atoms. The summed E-state index contributed by atoms with van der Waals surface area (Å²) >= 11 is 0. The maximum Gasteiger partial charge on any atom is 0.269 e. The number of methoxy groups -OCH3 is 1. The lowest BCUT2D eigenvalue weighted by molar-refractivity contribution is -0.384. The van der Waals surface area contributed by atoms with Crippen molar-refractivity contribution in [2.24, 2.45) is 0 Å². The van der Waals surface area contributed by atoms with Gasteiger partial charge in [0.1, 0.15) is 5.75 Å². The molecule has 3 rings (SSSR count). The van der Waals surface area contributed by atoms with Gasteiger partial charge in [-0.25, -0.2) is 4.98 Å². The lowest BCUT2D eigenvalue weighted by Crippen LogP contribution is -1.94. The number of nitrogens with zero attached hydrogens (tertiary/aromatic N) is 2. The predicted octanol–water partition coefficient (Wildman–Crippen LogP) is 3.63. The Morgan fingerprint density at radius 2 is 1.87 bits per heavy atom. The molecule has 3 aromatic rings. The van der Waals surface area contributed by atoms with Gasteiger partial charge in [0, 0.05) is 28.6 Å². The Bertz CT molecular complexity index is 904. The fourth-order valence-electron chi connectivity index (χ4n) is 2.36. The van der Waals surface area contributed by atoms with Gasteiger partial charge in [-0.05, 0) is 36.4 Å². The zero-order valence-electron chi connectivity index (χ0n) is 12.2. The van der Waals surface area contributed by atoms with Crippen LogP contribution in [0.4, 0.5) is 5.69 Å². The van der Waals surface area contributed by atoms with Gasteiger partial charge in [-0.2, -0.15) is 0 Å². The van der Waals surface area contributed by atoms with Crippen molar-refractivity contribution >= 4 is 22.9 Å². The Morgan fingerprint density at radius 1 is 1.13 bits per heavy atom. The number of benzene rings is 2. The van der Waals surface area contributed by atoms with Gasteiger partial charge in [0.25, 0.3) is 5.69 Å². The van der Waals surface area contributed by atoms with Crippen LogP contribution in [0.1, 0.15) is 10.4 Å². The zero-order valence-corrected chi connectivity index (χ0v) is 12.2. The molecule has 6 nitrogen and oxygen atoms in total. The monoisotopic (exact) mass is 308 g/mol. The highest BCUT2D eigenvalue weighted by atomic mass is 16.6. The molecule has 0 aliphatic carbocycles. The molecular weight excluding hydrogens is 296 g/mol. The SMILES string of the molecule is COc1ccc2nc(-c3ccc([N+](=O)[O-])cc3)c(C=O)cc2c1. The van der Waals surface area contributed by atoms with Crippen LogP contribution in [0.2, 0.25) is 0 Å². The van der Waals surface area contributed by atoms with Crippen LogP contribution in [-0.2, 0) is 0 Å². The van der Waals surface area contributed by atoms with Crippen LogP contribution in [-0.4, -0.2) is 23.3 Å². The van der Waals surface area contributed by atoms with Crippen LogP contribution >= 0.6 is 0 Å². The summed E-state index contributed by atoms with van der Waals surface area (Å²) in [5.41, 5.74) is 2.26. The summed E-state index contributed by atoms with van der Waals surface area (Å²) in [6, 6.07) is 13.1. The largest absolute Gasteiger partial charge is 0.497 e. The highest BCUT2D eigenvalue weighted by molar-refractivity contribution is 5.93. The molecule has 23 heavy (non-hydrogen) atoms. The number of ether oxygens (including phenoxy) is 1. The number of carbonyl (C=O) groups excluding carboxylic acids is 1. The Kier molecular flexibility index (Phi) is 3.72. The number of rotatable bonds is 4. The lowest BCUT2D eigenvalue weighted by atomic mass is 10.0. The number of carbonyl (C=O) groups is 1. The van der Waals surface area contributed by atoms with E-state index in [0.717, 1.165) is 11.7 Å². The van der Waals surface area contributed by atoms with Gasteiger partial charge in [-0.3, -0.25) is 14.9 Å². The number of nitro groups is 1. The summed E-state index contributed by atoms with van der Waals surface area (Å²) in [6.45, 7) is 0. The molecule has 6 heteroatoms. The van der Waals surface area contributed by atoms with E-state index in [1.54, 1.807) is 43.5 Å². The van der Waals surface area contributed by atoms with Crippen LogP contribution in [0.15, 0.2) is 48.5 Å². The smallest absolute Gasteiger partial charge is 0.269 e. The first kappa shape index (κ1) is 14.6. The van der Waals surface area contributed by atoms with Gasteiger partial charge in [0.05, 0.1) is 23.2 Å². The van der Waals surface area contributed by atoms with Gasteiger partial charge >= 0.3 is 0 Å². The quantitative estimate of drug-likeness (QED) is 0.417. The number of pyridine rings is 1. The van der Waals surface area contributed by atoms with Crippen molar-refractivity contribution in [3.05, 3.63) is 64.2 Å². The molecule has 0 fully saturated rings. The van der Waals surface area contributed by atoms with Gasteiger partial charge in [-0.1, -0.05) is 0 Å². The third kappa shape index (κ3) is 2.74. The first-order valence-corrected chi connectivity index (χ1v) is 6.81. The number of fused-ring (bicyclic) bond motifs is 1. The van der Waals surface area contributed by atoms with Crippen LogP contribution in [0.25, 0.3) is 22.2 Å². The van der Waals surface area contributed by atoms with Gasteiger partial charge in [-0.15, -0.1) is 0 Å². The van der Waals surface area contributed by atoms with Crippen LogP contribution in [0.5, 0.6) is 5.75 Å². The molecular formula is C17H12N2O4. The highest BCUT2D eigenvalue weighted by Crippen LogP contribution is 2.28. The maximum absolute atomic E-state index is 11.4. The van der Waals surface area contributed by atoms with E-state index in [1.807, 2.05) is 0 Å². The molecule has 0 atom stereocenters. The Morgan fingerprint density at radius 3 is 2.48 bits per heavy atom. The molecule has 0 aliphatic heterocycles. The van der Waals surface area contributed by atoms with Crippen LogP contribution in [0, 0.1) is 10.1 Å². The van der Waals surface area contributed by atoms with Gasteiger partial charge in [0.2, 0.25) is 0 Å². The molecule has 1 aromatic heterocycles. The summed E-state index contributed by atoms with van der Waals surface area (Å²) in [5.74, 6) is 0.680. The van der Waals surface area contributed by atoms with E-state index in [2.05, 4.69) is 4.98 Å². The molecule has 0 saturated heterocycles. The Hall–Kier alpha value is -3.28. The van der Waals surface area contributed by atoms with Crippen LogP contribution in [0.3, 0.4) is 0 Å². The number of aromatic nitrogens is 1. The van der Waals surface area contributed by atoms with Gasteiger partial charge in [0.15, 0.2) is 6.29 Å². The van der Waals surface area contributed by atoms with E-state index in [4.69, 9.17) is 4.74 Å². The summed E-state index contributed by atoms with van der Waals surface area (Å²) in [7, 11) is 1.57.